The number of aliphatic imine (C=N–C) groups is 2. The van der Waals surface area contributed by atoms with Crippen LogP contribution in [0.2, 0.25) is 0 Å². The Balaban J connectivity index is 1.56. The van der Waals surface area contributed by atoms with Crippen LogP contribution in [-0.2, 0) is 11.2 Å². The van der Waals surface area contributed by atoms with Gasteiger partial charge >= 0.3 is 0 Å². The van der Waals surface area contributed by atoms with Gasteiger partial charge in [0.2, 0.25) is 0 Å². The van der Waals surface area contributed by atoms with E-state index in [1.165, 1.54) is 4.90 Å². The zero-order chi connectivity index (χ0) is 16.5. The van der Waals surface area contributed by atoms with Crippen LogP contribution in [0, 0.1) is 0 Å². The van der Waals surface area contributed by atoms with E-state index in [9.17, 15) is 9.90 Å². The minimum atomic E-state index is -0.487. The highest BCUT2D eigenvalue weighted by molar-refractivity contribution is 6.37. The summed E-state index contributed by atoms with van der Waals surface area (Å²) in [5.74, 6) is 0.563. The Labute approximate surface area is 139 Å². The number of fused-ring (bicyclic) bond motifs is 1. The number of phenols is 1. The van der Waals surface area contributed by atoms with Gasteiger partial charge < -0.3 is 15.0 Å². The number of amidine groups is 1. The van der Waals surface area contributed by atoms with E-state index in [1.54, 1.807) is 30.5 Å². The van der Waals surface area contributed by atoms with E-state index in [0.29, 0.717) is 18.0 Å². The van der Waals surface area contributed by atoms with Crippen molar-refractivity contribution < 1.29 is 9.90 Å². The lowest BCUT2D eigenvalue weighted by Gasteiger charge is -2.25. The quantitative estimate of drug-likeness (QED) is 0.884. The van der Waals surface area contributed by atoms with Crippen molar-refractivity contribution in [3.8, 4) is 5.75 Å². The maximum atomic E-state index is 12.6. The third-order valence-corrected chi connectivity index (χ3v) is 3.99. The predicted octanol–water partition coefficient (Wildman–Crippen LogP) is 2.50. The maximum Gasteiger partial charge on any atom is 0.254 e. The standard InChI is InChI=1S/C19H14N3O2/c23-15-8-6-13(7-9-15)10-16-19(24)22-12-17(20-11-18(22)21-16)14-4-2-1-3-5-14/h1-9,12,16,23H,10H2/q-1. The second kappa shape index (κ2) is 5.77. The van der Waals surface area contributed by atoms with Gasteiger partial charge in [0.15, 0.2) is 0 Å². The molecule has 5 heteroatoms. The molecule has 2 aromatic carbocycles. The molecule has 0 saturated carbocycles. The minimum absolute atomic E-state index is 0.0890. The van der Waals surface area contributed by atoms with Gasteiger partial charge in [-0.1, -0.05) is 53.7 Å². The molecular formula is C19H14N3O2-. The molecule has 2 heterocycles. The van der Waals surface area contributed by atoms with E-state index in [1.807, 2.05) is 30.3 Å². The van der Waals surface area contributed by atoms with E-state index < -0.39 is 6.04 Å². The summed E-state index contributed by atoms with van der Waals surface area (Å²) in [6, 6.07) is 16.0. The summed E-state index contributed by atoms with van der Waals surface area (Å²) >= 11 is 0. The van der Waals surface area contributed by atoms with Crippen LogP contribution in [0.15, 0.2) is 70.8 Å². The number of phenolic OH excluding ortho intramolecular Hbond substituents is 1. The van der Waals surface area contributed by atoms with E-state index in [-0.39, 0.29) is 11.7 Å². The summed E-state index contributed by atoms with van der Waals surface area (Å²) in [7, 11) is 0. The maximum absolute atomic E-state index is 12.6. The van der Waals surface area contributed by atoms with Gasteiger partial charge in [0, 0.05) is 6.42 Å². The average molecular weight is 316 g/mol. The second-order valence-electron chi connectivity index (χ2n) is 5.65. The molecular weight excluding hydrogens is 302 g/mol. The summed E-state index contributed by atoms with van der Waals surface area (Å²) in [5.41, 5.74) is 2.56. The van der Waals surface area contributed by atoms with Crippen LogP contribution in [0.4, 0.5) is 0 Å². The second-order valence-corrected chi connectivity index (χ2v) is 5.65. The van der Waals surface area contributed by atoms with E-state index in [0.717, 1.165) is 11.1 Å². The monoisotopic (exact) mass is 316 g/mol. The molecule has 118 valence electrons. The molecule has 0 fully saturated rings. The van der Waals surface area contributed by atoms with Crippen molar-refractivity contribution in [1.82, 2.24) is 4.90 Å². The number of rotatable bonds is 3. The number of aromatic hydroxyl groups is 1. The lowest BCUT2D eigenvalue weighted by Crippen LogP contribution is -2.33. The van der Waals surface area contributed by atoms with Crippen molar-refractivity contribution in [2.75, 3.05) is 0 Å². The molecule has 1 atom stereocenters. The smallest absolute Gasteiger partial charge is 0.254 e. The van der Waals surface area contributed by atoms with E-state index >= 15 is 0 Å². The predicted molar refractivity (Wildman–Crippen MR) is 91.7 cm³/mol. The Morgan fingerprint density at radius 1 is 1.08 bits per heavy atom. The lowest BCUT2D eigenvalue weighted by molar-refractivity contribution is -0.125. The number of amides is 1. The van der Waals surface area contributed by atoms with Gasteiger partial charge in [0.25, 0.3) is 5.91 Å². The summed E-state index contributed by atoms with van der Waals surface area (Å²) in [4.78, 5) is 22.8. The molecule has 0 aliphatic carbocycles. The van der Waals surface area contributed by atoms with Gasteiger partial charge in [0.1, 0.15) is 11.8 Å². The van der Waals surface area contributed by atoms with Crippen LogP contribution >= 0.6 is 0 Å². The van der Waals surface area contributed by atoms with Crippen molar-refractivity contribution in [3.63, 3.8) is 0 Å². The topological polar surface area (TPSA) is 65.3 Å². The first-order valence-electron chi connectivity index (χ1n) is 7.63. The van der Waals surface area contributed by atoms with Crippen molar-refractivity contribution in [2.24, 2.45) is 9.98 Å². The molecule has 1 unspecified atom stereocenters. The third-order valence-electron chi connectivity index (χ3n) is 3.99. The SMILES string of the molecule is O=C1C(Cc2ccc(O)cc2)N=C2[C-]=NC(c3ccccc3)=CN12. The number of hydrogen-bond acceptors (Lipinski definition) is 4. The van der Waals surface area contributed by atoms with Crippen LogP contribution in [0.1, 0.15) is 11.1 Å². The number of benzene rings is 2. The first-order chi connectivity index (χ1) is 11.7. The van der Waals surface area contributed by atoms with Crippen molar-refractivity contribution in [3.05, 3.63) is 71.9 Å². The van der Waals surface area contributed by atoms with Gasteiger partial charge in [-0.2, -0.15) is 0 Å². The molecule has 1 N–H and O–H groups in total. The molecule has 2 aliphatic rings. The molecule has 1 amide bonds. The molecule has 0 aromatic heterocycles. The highest BCUT2D eigenvalue weighted by atomic mass is 16.3. The Kier molecular flexibility index (Phi) is 3.46. The number of carbonyl (C=O) groups is 1. The van der Waals surface area contributed by atoms with Gasteiger partial charge in [-0.3, -0.25) is 9.79 Å². The molecule has 0 bridgehead atoms. The van der Waals surface area contributed by atoms with Crippen molar-refractivity contribution in [2.45, 2.75) is 12.5 Å². The number of carbonyl (C=O) groups excluding carboxylic acids is 1. The number of hydrogen-bond donors (Lipinski definition) is 1. The highest BCUT2D eigenvalue weighted by Gasteiger charge is 2.31. The Morgan fingerprint density at radius 3 is 2.58 bits per heavy atom. The largest absolute Gasteiger partial charge is 0.508 e. The molecule has 0 radical (unpaired) electrons. The van der Waals surface area contributed by atoms with Gasteiger partial charge in [-0.05, 0) is 23.9 Å². The van der Waals surface area contributed by atoms with Crippen LogP contribution in [0.3, 0.4) is 0 Å². The fourth-order valence-electron chi connectivity index (χ4n) is 2.74. The summed E-state index contributed by atoms with van der Waals surface area (Å²) in [6.45, 7) is 0. The normalized spacial score (nSPS) is 19.1. The zero-order valence-corrected chi connectivity index (χ0v) is 12.8. The Morgan fingerprint density at radius 2 is 1.83 bits per heavy atom. The fraction of sp³-hybridized carbons (Fsp3) is 0.105. The fourth-order valence-corrected chi connectivity index (χ4v) is 2.74. The molecule has 0 saturated heterocycles. The lowest BCUT2D eigenvalue weighted by atomic mass is 10.1. The van der Waals surface area contributed by atoms with Crippen LogP contribution in [-0.4, -0.2) is 34.0 Å². The molecule has 2 aromatic rings. The molecule has 5 nitrogen and oxygen atoms in total. The number of nitrogens with zero attached hydrogens (tertiary/aromatic N) is 3. The summed E-state index contributed by atoms with van der Waals surface area (Å²) < 4.78 is 0. The van der Waals surface area contributed by atoms with E-state index in [4.69, 9.17) is 0 Å². The van der Waals surface area contributed by atoms with E-state index in [2.05, 4.69) is 16.2 Å². The molecule has 24 heavy (non-hydrogen) atoms. The summed E-state index contributed by atoms with van der Waals surface area (Å²) in [5, 5.41) is 9.34. The van der Waals surface area contributed by atoms with Crippen LogP contribution in [0.25, 0.3) is 5.70 Å². The zero-order valence-electron chi connectivity index (χ0n) is 12.8. The van der Waals surface area contributed by atoms with Crippen molar-refractivity contribution in [1.29, 1.82) is 0 Å². The Hall–Kier alpha value is -3.21. The van der Waals surface area contributed by atoms with Gasteiger partial charge in [0.05, 0.1) is 5.84 Å². The van der Waals surface area contributed by atoms with Crippen molar-refractivity contribution >= 4 is 23.7 Å². The molecule has 2 aliphatic heterocycles. The van der Waals surface area contributed by atoms with Gasteiger partial charge in [-0.25, -0.2) is 0 Å². The molecule has 4 rings (SSSR count). The average Bonchev–Trinajstić information content (AvgIpc) is 2.93. The first-order valence-corrected chi connectivity index (χ1v) is 7.63. The third kappa shape index (κ3) is 2.60. The van der Waals surface area contributed by atoms with Crippen LogP contribution < -0.4 is 0 Å². The van der Waals surface area contributed by atoms with Gasteiger partial charge in [-0.15, -0.1) is 6.21 Å². The minimum Gasteiger partial charge on any atom is -0.508 e. The molecule has 0 spiro atoms. The summed E-state index contributed by atoms with van der Waals surface area (Å²) in [6.07, 6.45) is 5.05. The first kappa shape index (κ1) is 14.4. The van der Waals surface area contributed by atoms with Crippen LogP contribution in [0.5, 0.6) is 5.75 Å². The highest BCUT2D eigenvalue weighted by Crippen LogP contribution is 2.24. The Bertz CT molecular complexity index is 867.